The molecule has 148 valence electrons. The fourth-order valence-electron chi connectivity index (χ4n) is 4.02. The van der Waals surface area contributed by atoms with Gasteiger partial charge in [-0.2, -0.15) is 0 Å². The first kappa shape index (κ1) is 20.1. The first-order valence-electron chi connectivity index (χ1n) is 10.2. The zero-order valence-corrected chi connectivity index (χ0v) is 16.9. The van der Waals surface area contributed by atoms with Crippen molar-refractivity contribution in [3.05, 3.63) is 71.3 Å². The lowest BCUT2D eigenvalue weighted by atomic mass is 9.94. The first-order chi connectivity index (χ1) is 13.5. The van der Waals surface area contributed by atoms with Crippen LogP contribution < -0.4 is 5.32 Å². The third-order valence-electron chi connectivity index (χ3n) is 5.50. The minimum atomic E-state index is -0.287. The Kier molecular flexibility index (Phi) is 6.85. The van der Waals surface area contributed by atoms with Crippen LogP contribution >= 0.6 is 0 Å². The second-order valence-corrected chi connectivity index (χ2v) is 7.79. The molecule has 0 aromatic heterocycles. The molecule has 3 rings (SSSR count). The van der Waals surface area contributed by atoms with Crippen LogP contribution in [0.5, 0.6) is 0 Å². The third-order valence-corrected chi connectivity index (χ3v) is 5.50. The van der Waals surface area contributed by atoms with Crippen LogP contribution in [0.15, 0.2) is 54.6 Å². The molecule has 1 saturated heterocycles. The quantitative estimate of drug-likeness (QED) is 0.819. The molecule has 4 heteroatoms. The monoisotopic (exact) mass is 378 g/mol. The van der Waals surface area contributed by atoms with Crippen LogP contribution in [-0.4, -0.2) is 29.3 Å². The van der Waals surface area contributed by atoms with Gasteiger partial charge in [0, 0.05) is 19.5 Å². The van der Waals surface area contributed by atoms with Gasteiger partial charge in [-0.15, -0.1) is 0 Å². The maximum absolute atomic E-state index is 13.2. The largest absolute Gasteiger partial charge is 0.349 e. The first-order valence-corrected chi connectivity index (χ1v) is 10.2. The number of nitrogens with one attached hydrogen (secondary N) is 1. The second kappa shape index (κ2) is 9.54. The van der Waals surface area contributed by atoms with E-state index < -0.39 is 0 Å². The van der Waals surface area contributed by atoms with Crippen molar-refractivity contribution in [2.75, 3.05) is 6.54 Å². The summed E-state index contributed by atoms with van der Waals surface area (Å²) in [6, 6.07) is 18.4. The Bertz CT molecular complexity index is 786. The highest BCUT2D eigenvalue weighted by Gasteiger charge is 2.29. The van der Waals surface area contributed by atoms with Crippen molar-refractivity contribution in [1.82, 2.24) is 10.2 Å². The molecule has 0 aliphatic carbocycles. The number of likely N-dealkylation sites (tertiary alicyclic amines) is 1. The summed E-state index contributed by atoms with van der Waals surface area (Å²) in [5.74, 6) is 0.0119. The number of nitrogens with zero attached hydrogens (tertiary/aromatic N) is 1. The number of benzene rings is 2. The zero-order chi connectivity index (χ0) is 19.9. The number of hydrogen-bond donors (Lipinski definition) is 1. The van der Waals surface area contributed by atoms with Gasteiger partial charge in [-0.05, 0) is 43.7 Å². The highest BCUT2D eigenvalue weighted by Crippen LogP contribution is 2.25. The average molecular weight is 379 g/mol. The number of aryl methyl sites for hydroxylation is 1. The van der Waals surface area contributed by atoms with Crippen LogP contribution in [0.1, 0.15) is 55.3 Å². The summed E-state index contributed by atoms with van der Waals surface area (Å²) in [6.45, 7) is 4.34. The van der Waals surface area contributed by atoms with Crippen LogP contribution in [0.2, 0.25) is 0 Å². The van der Waals surface area contributed by atoms with E-state index in [1.165, 1.54) is 12.5 Å². The lowest BCUT2D eigenvalue weighted by molar-refractivity contribution is -0.135. The van der Waals surface area contributed by atoms with Crippen molar-refractivity contribution >= 4 is 11.8 Å². The maximum atomic E-state index is 13.2. The Labute approximate surface area is 167 Å². The van der Waals surface area contributed by atoms with Gasteiger partial charge in [0.05, 0.1) is 12.5 Å². The molecule has 0 radical (unpaired) electrons. The maximum Gasteiger partial charge on any atom is 0.225 e. The molecule has 0 saturated carbocycles. The van der Waals surface area contributed by atoms with Crippen LogP contribution in [0, 0.1) is 6.92 Å². The van der Waals surface area contributed by atoms with Crippen LogP contribution in [-0.2, 0) is 16.0 Å². The van der Waals surface area contributed by atoms with Crippen molar-refractivity contribution < 1.29 is 9.59 Å². The van der Waals surface area contributed by atoms with Gasteiger partial charge in [0.1, 0.15) is 0 Å². The number of piperidine rings is 1. The van der Waals surface area contributed by atoms with E-state index in [1.807, 2.05) is 42.2 Å². The lowest BCUT2D eigenvalue weighted by Crippen LogP contribution is -2.46. The fourth-order valence-corrected chi connectivity index (χ4v) is 4.02. The normalized spacial score (nSPS) is 17.8. The molecule has 0 spiro atoms. The van der Waals surface area contributed by atoms with E-state index in [9.17, 15) is 9.59 Å². The molecule has 4 nitrogen and oxygen atoms in total. The topological polar surface area (TPSA) is 49.4 Å². The summed E-state index contributed by atoms with van der Waals surface area (Å²) >= 11 is 0. The SMILES string of the molecule is CC(=O)N[C@H](CC(=O)N1CCCC[C@@H]1Cc1ccccc1)c1ccc(C)cc1. The van der Waals surface area contributed by atoms with E-state index in [4.69, 9.17) is 0 Å². The van der Waals surface area contributed by atoms with Gasteiger partial charge in [0.25, 0.3) is 0 Å². The van der Waals surface area contributed by atoms with E-state index in [0.717, 1.165) is 43.4 Å². The molecule has 1 N–H and O–H groups in total. The van der Waals surface area contributed by atoms with Crippen LogP contribution in [0.25, 0.3) is 0 Å². The third kappa shape index (κ3) is 5.44. The van der Waals surface area contributed by atoms with Gasteiger partial charge < -0.3 is 10.2 Å². The number of amides is 2. The second-order valence-electron chi connectivity index (χ2n) is 7.79. The molecule has 0 unspecified atom stereocenters. The summed E-state index contributed by atoms with van der Waals surface area (Å²) in [4.78, 5) is 27.0. The van der Waals surface area contributed by atoms with Gasteiger partial charge >= 0.3 is 0 Å². The number of rotatable bonds is 6. The Hall–Kier alpha value is -2.62. The fraction of sp³-hybridized carbons (Fsp3) is 0.417. The average Bonchev–Trinajstić information content (AvgIpc) is 2.69. The van der Waals surface area contributed by atoms with Gasteiger partial charge in [0.2, 0.25) is 11.8 Å². The zero-order valence-electron chi connectivity index (χ0n) is 16.9. The molecule has 2 atom stereocenters. The Morgan fingerprint density at radius 3 is 2.46 bits per heavy atom. The lowest BCUT2D eigenvalue weighted by Gasteiger charge is -2.37. The molecule has 1 aliphatic heterocycles. The van der Waals surface area contributed by atoms with Gasteiger partial charge in [0.15, 0.2) is 0 Å². The van der Waals surface area contributed by atoms with Crippen molar-refractivity contribution in [1.29, 1.82) is 0 Å². The van der Waals surface area contributed by atoms with Crippen molar-refractivity contribution in [3.8, 4) is 0 Å². The molecular formula is C24H30N2O2. The summed E-state index contributed by atoms with van der Waals surface area (Å²) in [7, 11) is 0. The standard InChI is InChI=1S/C24H30N2O2/c1-18-11-13-21(14-12-18)23(25-19(2)27)17-24(28)26-15-7-6-10-22(26)16-20-8-4-3-5-9-20/h3-5,8-9,11-14,22-23H,6-7,10,15-17H2,1-2H3,(H,25,27)/t22-,23-/m1/s1. The molecule has 28 heavy (non-hydrogen) atoms. The number of carbonyl (C=O) groups excluding carboxylic acids is 2. The number of hydrogen-bond acceptors (Lipinski definition) is 2. The predicted octanol–water partition coefficient (Wildman–Crippen LogP) is 4.19. The molecule has 2 amide bonds. The van der Waals surface area contributed by atoms with E-state index in [-0.39, 0.29) is 23.9 Å². The van der Waals surface area contributed by atoms with E-state index >= 15 is 0 Å². The molecule has 2 aromatic rings. The van der Waals surface area contributed by atoms with Gasteiger partial charge in [-0.1, -0.05) is 60.2 Å². The van der Waals surface area contributed by atoms with Gasteiger partial charge in [-0.25, -0.2) is 0 Å². The Morgan fingerprint density at radius 2 is 1.79 bits per heavy atom. The minimum absolute atomic E-state index is 0.113. The summed E-state index contributed by atoms with van der Waals surface area (Å²) in [5.41, 5.74) is 3.41. The highest BCUT2D eigenvalue weighted by atomic mass is 16.2. The molecular weight excluding hydrogens is 348 g/mol. The van der Waals surface area contributed by atoms with E-state index in [1.54, 1.807) is 0 Å². The van der Waals surface area contributed by atoms with Crippen molar-refractivity contribution in [3.63, 3.8) is 0 Å². The molecule has 2 aromatic carbocycles. The van der Waals surface area contributed by atoms with E-state index in [2.05, 4.69) is 29.6 Å². The molecule has 1 heterocycles. The smallest absolute Gasteiger partial charge is 0.225 e. The molecule has 1 aliphatic rings. The Balaban J connectivity index is 1.73. The highest BCUT2D eigenvalue weighted by molar-refractivity contribution is 5.79. The van der Waals surface area contributed by atoms with Gasteiger partial charge in [-0.3, -0.25) is 9.59 Å². The molecule has 0 bridgehead atoms. The molecule has 1 fully saturated rings. The van der Waals surface area contributed by atoms with E-state index in [0.29, 0.717) is 6.42 Å². The van der Waals surface area contributed by atoms with Crippen LogP contribution in [0.3, 0.4) is 0 Å². The van der Waals surface area contributed by atoms with Crippen molar-refractivity contribution in [2.45, 2.75) is 58.0 Å². The summed E-state index contributed by atoms with van der Waals surface area (Å²) in [6.07, 6.45) is 4.44. The summed E-state index contributed by atoms with van der Waals surface area (Å²) < 4.78 is 0. The minimum Gasteiger partial charge on any atom is -0.349 e. The predicted molar refractivity (Wildman–Crippen MR) is 112 cm³/mol. The van der Waals surface area contributed by atoms with Crippen LogP contribution in [0.4, 0.5) is 0 Å². The van der Waals surface area contributed by atoms with Crippen molar-refractivity contribution in [2.24, 2.45) is 0 Å². The Morgan fingerprint density at radius 1 is 1.07 bits per heavy atom. The number of carbonyl (C=O) groups is 2. The summed E-state index contributed by atoms with van der Waals surface area (Å²) in [5, 5.41) is 2.96.